The van der Waals surface area contributed by atoms with Gasteiger partial charge >= 0.3 is 5.97 Å². The minimum absolute atomic E-state index is 0.00298. The van der Waals surface area contributed by atoms with Crippen LogP contribution in [0.4, 0.5) is 0 Å². The topological polar surface area (TPSA) is 80.7 Å². The molecule has 0 saturated heterocycles. The minimum Gasteiger partial charge on any atom is -0.478 e. The Bertz CT molecular complexity index is 583. The number of carboxylic acid groups (broad SMARTS) is 1. The summed E-state index contributed by atoms with van der Waals surface area (Å²) in [5, 5.41) is 8.59. The molecule has 0 bridgehead atoms. The molecule has 8 heteroatoms. The molecule has 0 aliphatic rings. The molecule has 0 unspecified atom stereocenters. The van der Waals surface area contributed by atoms with Crippen LogP contribution in [0.2, 0.25) is 10.0 Å². The second-order valence-corrected chi connectivity index (χ2v) is 6.48. The van der Waals surface area contributed by atoms with E-state index in [1.165, 1.54) is 0 Å². The summed E-state index contributed by atoms with van der Waals surface area (Å²) in [7, 11) is -3.75. The highest BCUT2D eigenvalue weighted by molar-refractivity contribution is 7.91. The van der Waals surface area contributed by atoms with E-state index in [1.54, 1.807) is 6.92 Å². The van der Waals surface area contributed by atoms with Gasteiger partial charge in [0.1, 0.15) is 0 Å². The Balaban J connectivity index is 3.23. The van der Waals surface area contributed by atoms with Crippen molar-refractivity contribution in [3.63, 3.8) is 0 Å². The molecular formula is C11H12Cl2O5S. The SMILES string of the molecule is CCOCCS(=O)(=O)c1cc(Cl)cc(C(=O)O)c1Cl. The van der Waals surface area contributed by atoms with E-state index in [-0.39, 0.29) is 32.9 Å². The van der Waals surface area contributed by atoms with Crippen molar-refractivity contribution in [3.05, 3.63) is 27.7 Å². The number of sulfone groups is 1. The molecule has 5 nitrogen and oxygen atoms in total. The first-order chi connectivity index (χ1) is 8.79. The van der Waals surface area contributed by atoms with Crippen molar-refractivity contribution in [1.29, 1.82) is 0 Å². The number of aromatic carboxylic acids is 1. The van der Waals surface area contributed by atoms with Crippen molar-refractivity contribution >= 4 is 39.0 Å². The van der Waals surface area contributed by atoms with Crippen LogP contribution >= 0.6 is 23.2 Å². The molecule has 1 aromatic carbocycles. The summed E-state index contributed by atoms with van der Waals surface area (Å²) >= 11 is 11.5. The maximum atomic E-state index is 12.0. The molecule has 19 heavy (non-hydrogen) atoms. The van der Waals surface area contributed by atoms with Gasteiger partial charge in [-0.25, -0.2) is 13.2 Å². The van der Waals surface area contributed by atoms with Crippen LogP contribution in [-0.2, 0) is 14.6 Å². The standard InChI is InChI=1S/C11H12Cl2O5S/c1-2-18-3-4-19(16,17)9-6-7(12)5-8(10(9)13)11(14)15/h5-6H,2-4H2,1H3,(H,14,15). The van der Waals surface area contributed by atoms with Crippen LogP contribution < -0.4 is 0 Å². The van der Waals surface area contributed by atoms with E-state index in [0.29, 0.717) is 6.61 Å². The number of halogens is 2. The van der Waals surface area contributed by atoms with Crippen molar-refractivity contribution in [3.8, 4) is 0 Å². The van der Waals surface area contributed by atoms with Crippen molar-refractivity contribution in [2.75, 3.05) is 19.0 Å². The quantitative estimate of drug-likeness (QED) is 0.812. The molecule has 0 fully saturated rings. The summed E-state index contributed by atoms with van der Waals surface area (Å²) < 4.78 is 29.0. The molecule has 0 spiro atoms. The lowest BCUT2D eigenvalue weighted by molar-refractivity contribution is 0.0697. The maximum Gasteiger partial charge on any atom is 0.337 e. The van der Waals surface area contributed by atoms with Gasteiger partial charge in [0, 0.05) is 11.6 Å². The van der Waals surface area contributed by atoms with Gasteiger partial charge in [-0.3, -0.25) is 0 Å². The molecule has 0 radical (unpaired) electrons. The van der Waals surface area contributed by atoms with Gasteiger partial charge in [-0.2, -0.15) is 0 Å². The molecular weight excluding hydrogens is 315 g/mol. The van der Waals surface area contributed by atoms with Crippen LogP contribution in [0, 0.1) is 0 Å². The predicted molar refractivity (Wildman–Crippen MR) is 72.0 cm³/mol. The zero-order valence-electron chi connectivity index (χ0n) is 10.0. The summed E-state index contributed by atoms with van der Waals surface area (Å²) in [6, 6.07) is 2.24. The van der Waals surface area contributed by atoms with E-state index in [2.05, 4.69) is 0 Å². The Hall–Kier alpha value is -0.820. The molecule has 0 amide bonds. The fraction of sp³-hybridized carbons (Fsp3) is 0.364. The lowest BCUT2D eigenvalue weighted by Crippen LogP contribution is -2.14. The lowest BCUT2D eigenvalue weighted by atomic mass is 10.2. The van der Waals surface area contributed by atoms with Gasteiger partial charge in [-0.15, -0.1) is 0 Å². The first-order valence-electron chi connectivity index (χ1n) is 5.32. The highest BCUT2D eigenvalue weighted by Crippen LogP contribution is 2.30. The van der Waals surface area contributed by atoms with Gasteiger partial charge in [0.25, 0.3) is 0 Å². The van der Waals surface area contributed by atoms with Crippen molar-refractivity contribution < 1.29 is 23.1 Å². The van der Waals surface area contributed by atoms with Gasteiger partial charge in [0.05, 0.1) is 27.8 Å². The van der Waals surface area contributed by atoms with Crippen LogP contribution in [0.1, 0.15) is 17.3 Å². The van der Waals surface area contributed by atoms with Gasteiger partial charge in [-0.05, 0) is 19.1 Å². The number of ether oxygens (including phenoxy) is 1. The molecule has 0 aliphatic carbocycles. The fourth-order valence-corrected chi connectivity index (χ4v) is 3.44. The fourth-order valence-electron chi connectivity index (χ4n) is 1.37. The van der Waals surface area contributed by atoms with Crippen LogP contribution in [-0.4, -0.2) is 38.5 Å². The Morgan fingerprint density at radius 3 is 2.53 bits per heavy atom. The average Bonchev–Trinajstić information content (AvgIpc) is 2.31. The Morgan fingerprint density at radius 1 is 1.37 bits per heavy atom. The maximum absolute atomic E-state index is 12.0. The normalized spacial score (nSPS) is 11.5. The highest BCUT2D eigenvalue weighted by Gasteiger charge is 2.23. The second-order valence-electron chi connectivity index (χ2n) is 3.59. The molecule has 1 aromatic rings. The van der Waals surface area contributed by atoms with Gasteiger partial charge in [0.15, 0.2) is 9.84 Å². The summed E-state index contributed by atoms with van der Waals surface area (Å²) in [4.78, 5) is 10.7. The first kappa shape index (κ1) is 16.2. The van der Waals surface area contributed by atoms with Crippen LogP contribution in [0.15, 0.2) is 17.0 Å². The Kier molecular flexibility index (Phi) is 5.61. The molecule has 106 valence electrons. The van der Waals surface area contributed by atoms with E-state index in [4.69, 9.17) is 33.0 Å². The predicted octanol–water partition coefficient (Wildman–Crippen LogP) is 2.50. The summed E-state index contributed by atoms with van der Waals surface area (Å²) in [5.41, 5.74) is -0.343. The van der Waals surface area contributed by atoms with E-state index in [1.807, 2.05) is 0 Å². The molecule has 0 saturated carbocycles. The second kappa shape index (κ2) is 6.56. The molecule has 0 heterocycles. The first-order valence-corrected chi connectivity index (χ1v) is 7.73. The number of benzene rings is 1. The molecule has 1 rings (SSSR count). The summed E-state index contributed by atoms with van der Waals surface area (Å²) in [6.45, 7) is 2.13. The number of carbonyl (C=O) groups is 1. The smallest absolute Gasteiger partial charge is 0.337 e. The monoisotopic (exact) mass is 326 g/mol. The minimum atomic E-state index is -3.75. The van der Waals surface area contributed by atoms with Crippen molar-refractivity contribution in [2.24, 2.45) is 0 Å². The summed E-state index contributed by atoms with van der Waals surface area (Å²) in [6.07, 6.45) is 0. The Labute approximate surface area is 121 Å². The third-order valence-electron chi connectivity index (χ3n) is 2.27. The largest absolute Gasteiger partial charge is 0.478 e. The zero-order valence-corrected chi connectivity index (χ0v) is 12.3. The van der Waals surface area contributed by atoms with Crippen LogP contribution in [0.5, 0.6) is 0 Å². The molecule has 1 N–H and O–H groups in total. The third kappa shape index (κ3) is 4.07. The number of carboxylic acids is 1. The Morgan fingerprint density at radius 2 is 2.00 bits per heavy atom. The summed E-state index contributed by atoms with van der Waals surface area (Å²) in [5.74, 6) is -1.63. The van der Waals surface area contributed by atoms with Crippen molar-refractivity contribution in [1.82, 2.24) is 0 Å². The third-order valence-corrected chi connectivity index (χ3v) is 4.70. The molecule has 0 atom stereocenters. The highest BCUT2D eigenvalue weighted by atomic mass is 35.5. The molecule has 0 aromatic heterocycles. The van der Waals surface area contributed by atoms with Crippen LogP contribution in [0.25, 0.3) is 0 Å². The lowest BCUT2D eigenvalue weighted by Gasteiger charge is -2.09. The van der Waals surface area contributed by atoms with Gasteiger partial charge < -0.3 is 9.84 Å². The van der Waals surface area contributed by atoms with E-state index < -0.39 is 15.8 Å². The van der Waals surface area contributed by atoms with Gasteiger partial charge in [0.2, 0.25) is 0 Å². The zero-order chi connectivity index (χ0) is 14.6. The average molecular weight is 327 g/mol. The van der Waals surface area contributed by atoms with Crippen molar-refractivity contribution in [2.45, 2.75) is 11.8 Å². The number of rotatable bonds is 6. The number of hydrogen-bond acceptors (Lipinski definition) is 4. The van der Waals surface area contributed by atoms with E-state index >= 15 is 0 Å². The van der Waals surface area contributed by atoms with Crippen LogP contribution in [0.3, 0.4) is 0 Å². The van der Waals surface area contributed by atoms with Gasteiger partial charge in [-0.1, -0.05) is 23.2 Å². The van der Waals surface area contributed by atoms with E-state index in [0.717, 1.165) is 12.1 Å². The van der Waals surface area contributed by atoms with E-state index in [9.17, 15) is 13.2 Å². The number of hydrogen-bond donors (Lipinski definition) is 1. The molecule has 0 aliphatic heterocycles.